The van der Waals surface area contributed by atoms with Gasteiger partial charge in [0.25, 0.3) is 5.91 Å². The molecular formula is C26H22N2O6. The molecule has 8 nitrogen and oxygen atoms in total. The number of esters is 2. The predicted molar refractivity (Wildman–Crippen MR) is 124 cm³/mol. The Bertz CT molecular complexity index is 1360. The first-order valence-electron chi connectivity index (χ1n) is 10.5. The number of carbonyl (C=O) groups excluding carboxylic acids is 3. The van der Waals surface area contributed by atoms with Crippen LogP contribution in [0.4, 0.5) is 0 Å². The lowest BCUT2D eigenvalue weighted by atomic mass is 10.1. The first-order chi connectivity index (χ1) is 16.4. The number of hydrogen-bond acceptors (Lipinski definition) is 7. The van der Waals surface area contributed by atoms with Crippen molar-refractivity contribution in [1.82, 2.24) is 10.3 Å². The number of carbonyl (C=O) groups is 3. The van der Waals surface area contributed by atoms with Gasteiger partial charge in [0.2, 0.25) is 0 Å². The zero-order valence-electron chi connectivity index (χ0n) is 18.7. The van der Waals surface area contributed by atoms with E-state index in [4.69, 9.17) is 9.15 Å². The van der Waals surface area contributed by atoms with E-state index in [0.29, 0.717) is 33.5 Å². The molecule has 2 heterocycles. The number of para-hydroxylation sites is 1. The van der Waals surface area contributed by atoms with Crippen LogP contribution in [0.3, 0.4) is 0 Å². The minimum absolute atomic E-state index is 0.220. The predicted octanol–water partition coefficient (Wildman–Crippen LogP) is 4.06. The zero-order valence-corrected chi connectivity index (χ0v) is 18.7. The third-order valence-electron chi connectivity index (χ3n) is 5.13. The molecule has 4 aromatic rings. The molecule has 1 amide bonds. The van der Waals surface area contributed by atoms with E-state index in [1.54, 1.807) is 54.6 Å². The van der Waals surface area contributed by atoms with Crippen LogP contribution in [-0.4, -0.2) is 36.5 Å². The van der Waals surface area contributed by atoms with Crippen LogP contribution in [0.1, 0.15) is 32.0 Å². The standard InChI is InChI=1S/C26H22N2O6/c1-16-7-12-23(34-16)22-13-20(19-5-3-4-6-21(19)28-22)26(31)33-15-24(29)27-14-17-8-10-18(11-9-17)25(30)32-2/h3-13H,14-15H2,1-2H3,(H,27,29). The number of aromatic nitrogens is 1. The highest BCUT2D eigenvalue weighted by Crippen LogP contribution is 2.26. The lowest BCUT2D eigenvalue weighted by Gasteiger charge is -2.10. The summed E-state index contributed by atoms with van der Waals surface area (Å²) in [6, 6.07) is 19.0. The van der Waals surface area contributed by atoms with Crippen LogP contribution in [-0.2, 0) is 20.8 Å². The van der Waals surface area contributed by atoms with Gasteiger partial charge in [-0.2, -0.15) is 0 Å². The van der Waals surface area contributed by atoms with E-state index >= 15 is 0 Å². The van der Waals surface area contributed by atoms with Gasteiger partial charge in [-0.3, -0.25) is 4.79 Å². The first-order valence-corrected chi connectivity index (χ1v) is 10.5. The van der Waals surface area contributed by atoms with Crippen molar-refractivity contribution in [2.45, 2.75) is 13.5 Å². The van der Waals surface area contributed by atoms with Gasteiger partial charge in [0, 0.05) is 11.9 Å². The van der Waals surface area contributed by atoms with Crippen molar-refractivity contribution >= 4 is 28.7 Å². The summed E-state index contributed by atoms with van der Waals surface area (Å²) in [5, 5.41) is 3.30. The number of methoxy groups -OCH3 is 1. The first kappa shape index (κ1) is 22.7. The lowest BCUT2D eigenvalue weighted by Crippen LogP contribution is -2.28. The number of nitrogens with zero attached hydrogens (tertiary/aromatic N) is 1. The minimum Gasteiger partial charge on any atom is -0.465 e. The number of nitrogens with one attached hydrogen (secondary N) is 1. The largest absolute Gasteiger partial charge is 0.465 e. The van der Waals surface area contributed by atoms with Crippen LogP contribution in [0.25, 0.3) is 22.4 Å². The Morgan fingerprint density at radius 3 is 2.44 bits per heavy atom. The molecule has 0 fully saturated rings. The highest BCUT2D eigenvalue weighted by molar-refractivity contribution is 6.05. The molecule has 172 valence electrons. The average molecular weight is 458 g/mol. The second kappa shape index (κ2) is 9.99. The van der Waals surface area contributed by atoms with E-state index in [-0.39, 0.29) is 6.54 Å². The second-order valence-electron chi connectivity index (χ2n) is 7.52. The minimum atomic E-state index is -0.638. The summed E-state index contributed by atoms with van der Waals surface area (Å²) in [4.78, 5) is 41.2. The Kier molecular flexibility index (Phi) is 6.68. The van der Waals surface area contributed by atoms with Gasteiger partial charge < -0.3 is 19.2 Å². The Morgan fingerprint density at radius 2 is 1.74 bits per heavy atom. The van der Waals surface area contributed by atoms with Gasteiger partial charge >= 0.3 is 11.9 Å². The van der Waals surface area contributed by atoms with Crippen LogP contribution in [0, 0.1) is 6.92 Å². The van der Waals surface area contributed by atoms with Gasteiger partial charge in [0.1, 0.15) is 11.5 Å². The molecule has 0 aliphatic carbocycles. The van der Waals surface area contributed by atoms with E-state index in [0.717, 1.165) is 11.3 Å². The number of aryl methyl sites for hydroxylation is 1. The molecule has 8 heteroatoms. The molecule has 0 aliphatic heterocycles. The van der Waals surface area contributed by atoms with E-state index in [1.165, 1.54) is 7.11 Å². The molecular weight excluding hydrogens is 436 g/mol. The van der Waals surface area contributed by atoms with Crippen LogP contribution < -0.4 is 5.32 Å². The Morgan fingerprint density at radius 1 is 0.971 bits per heavy atom. The number of fused-ring (bicyclic) bond motifs is 1. The van der Waals surface area contributed by atoms with Crippen molar-refractivity contribution in [1.29, 1.82) is 0 Å². The summed E-state index contributed by atoms with van der Waals surface area (Å²) < 4.78 is 15.6. The van der Waals surface area contributed by atoms with Gasteiger partial charge in [-0.05, 0) is 48.9 Å². The van der Waals surface area contributed by atoms with Crippen molar-refractivity contribution in [3.63, 3.8) is 0 Å². The molecule has 0 atom stereocenters. The number of pyridine rings is 1. The third kappa shape index (κ3) is 5.12. The summed E-state index contributed by atoms with van der Waals surface area (Å²) in [6.45, 7) is 1.61. The Hall–Kier alpha value is -4.46. The lowest BCUT2D eigenvalue weighted by molar-refractivity contribution is -0.124. The van der Waals surface area contributed by atoms with Crippen molar-refractivity contribution in [3.05, 3.63) is 89.2 Å². The fourth-order valence-corrected chi connectivity index (χ4v) is 3.38. The molecule has 0 unspecified atom stereocenters. The van der Waals surface area contributed by atoms with Gasteiger partial charge in [-0.1, -0.05) is 30.3 Å². The van der Waals surface area contributed by atoms with Crippen LogP contribution in [0.2, 0.25) is 0 Å². The molecule has 1 N–H and O–H groups in total. The molecule has 0 saturated carbocycles. The molecule has 2 aromatic carbocycles. The fraction of sp³-hybridized carbons (Fsp3) is 0.154. The van der Waals surface area contributed by atoms with Crippen LogP contribution in [0.15, 0.2) is 71.1 Å². The number of ether oxygens (including phenoxy) is 2. The number of furan rings is 1. The number of benzene rings is 2. The third-order valence-corrected chi connectivity index (χ3v) is 5.13. The summed E-state index contributed by atoms with van der Waals surface area (Å²) >= 11 is 0. The maximum Gasteiger partial charge on any atom is 0.339 e. The van der Waals surface area contributed by atoms with Gasteiger partial charge in [0.15, 0.2) is 12.4 Å². The van der Waals surface area contributed by atoms with Crippen LogP contribution >= 0.6 is 0 Å². The zero-order chi connectivity index (χ0) is 24.1. The van der Waals surface area contributed by atoms with E-state index < -0.39 is 24.5 Å². The summed E-state index contributed by atoms with van der Waals surface area (Å²) in [5.41, 5.74) is 2.60. The highest BCUT2D eigenvalue weighted by atomic mass is 16.5. The van der Waals surface area contributed by atoms with Gasteiger partial charge in [-0.25, -0.2) is 14.6 Å². The van der Waals surface area contributed by atoms with Gasteiger partial charge in [-0.15, -0.1) is 0 Å². The quantitative estimate of drug-likeness (QED) is 0.416. The van der Waals surface area contributed by atoms with Crippen molar-refractivity contribution in [3.8, 4) is 11.5 Å². The monoisotopic (exact) mass is 458 g/mol. The molecule has 4 rings (SSSR count). The van der Waals surface area contributed by atoms with E-state index in [1.807, 2.05) is 19.1 Å². The molecule has 0 spiro atoms. The maximum atomic E-state index is 12.9. The summed E-state index contributed by atoms with van der Waals surface area (Å²) in [6.07, 6.45) is 0. The number of rotatable bonds is 7. The average Bonchev–Trinajstić information content (AvgIpc) is 3.31. The molecule has 2 aromatic heterocycles. The molecule has 34 heavy (non-hydrogen) atoms. The second-order valence-corrected chi connectivity index (χ2v) is 7.52. The maximum absolute atomic E-state index is 12.9. The summed E-state index contributed by atoms with van der Waals surface area (Å²) in [7, 11) is 1.31. The summed E-state index contributed by atoms with van der Waals surface area (Å²) in [5.74, 6) is -0.262. The van der Waals surface area contributed by atoms with E-state index in [2.05, 4.69) is 15.0 Å². The molecule has 0 aliphatic rings. The normalized spacial score (nSPS) is 10.6. The molecule has 0 radical (unpaired) electrons. The fourth-order valence-electron chi connectivity index (χ4n) is 3.38. The number of hydrogen-bond donors (Lipinski definition) is 1. The SMILES string of the molecule is COC(=O)c1ccc(CNC(=O)COC(=O)c2cc(-c3ccc(C)o3)nc3ccccc23)cc1. The molecule has 0 saturated heterocycles. The van der Waals surface area contributed by atoms with Crippen molar-refractivity contribution < 1.29 is 28.3 Å². The van der Waals surface area contributed by atoms with Crippen molar-refractivity contribution in [2.24, 2.45) is 0 Å². The molecule has 0 bridgehead atoms. The highest BCUT2D eigenvalue weighted by Gasteiger charge is 2.17. The van der Waals surface area contributed by atoms with Crippen LogP contribution in [0.5, 0.6) is 0 Å². The Balaban J connectivity index is 1.42. The van der Waals surface area contributed by atoms with Gasteiger partial charge in [0.05, 0.1) is 23.8 Å². The van der Waals surface area contributed by atoms with E-state index in [9.17, 15) is 14.4 Å². The Labute approximate surface area is 195 Å². The number of amides is 1. The van der Waals surface area contributed by atoms with Crippen molar-refractivity contribution in [2.75, 3.05) is 13.7 Å². The topological polar surface area (TPSA) is 108 Å². The smallest absolute Gasteiger partial charge is 0.339 e.